The maximum atomic E-state index is 8.72. The number of rotatable bonds is 3. The van der Waals surface area contributed by atoms with Crippen LogP contribution in [0.15, 0.2) is 0 Å². The average Bonchev–Trinajstić information content (AvgIpc) is 1.65. The van der Waals surface area contributed by atoms with Gasteiger partial charge in [0.05, 0.1) is 6.10 Å². The van der Waals surface area contributed by atoms with Gasteiger partial charge in [-0.05, 0) is 13.2 Å². The van der Waals surface area contributed by atoms with Gasteiger partial charge in [0.25, 0.3) is 0 Å². The monoisotopic (exact) mass is 136 g/mol. The Balaban J connectivity index is 3.10. The van der Waals surface area contributed by atoms with Gasteiger partial charge in [0, 0.05) is 6.54 Å². The molecular formula is C4H12N2OS. The lowest BCUT2D eigenvalue weighted by molar-refractivity contribution is 0.168. The molecule has 0 radical (unpaired) electrons. The molecule has 0 saturated heterocycles. The van der Waals surface area contributed by atoms with Gasteiger partial charge in [-0.15, -0.1) is 0 Å². The molecule has 0 spiro atoms. The molecule has 0 fully saturated rings. The summed E-state index contributed by atoms with van der Waals surface area (Å²) in [5, 5.41) is 8.72. The molecule has 3 N–H and O–H groups in total. The predicted molar refractivity (Wildman–Crippen MR) is 36.1 cm³/mol. The van der Waals surface area contributed by atoms with E-state index in [2.05, 4.69) is 0 Å². The van der Waals surface area contributed by atoms with Gasteiger partial charge in [0.1, 0.15) is 0 Å². The van der Waals surface area contributed by atoms with Crippen molar-refractivity contribution in [2.75, 3.05) is 12.8 Å². The molecule has 0 heterocycles. The van der Waals surface area contributed by atoms with Gasteiger partial charge in [0.2, 0.25) is 0 Å². The minimum Gasteiger partial charge on any atom is -0.392 e. The van der Waals surface area contributed by atoms with Crippen molar-refractivity contribution in [1.82, 2.24) is 4.41 Å². The van der Waals surface area contributed by atoms with Crippen LogP contribution in [-0.2, 0) is 0 Å². The van der Waals surface area contributed by atoms with E-state index in [1.165, 1.54) is 16.4 Å². The highest BCUT2D eigenvalue weighted by Gasteiger charge is 1.99. The number of nitrogens with two attached hydrogens (primary N) is 1. The molecular weight excluding hydrogens is 124 g/mol. The third-order valence-corrected chi connectivity index (χ3v) is 1.30. The van der Waals surface area contributed by atoms with Crippen molar-refractivity contribution in [2.45, 2.75) is 13.0 Å². The minimum atomic E-state index is -0.340. The number of aliphatic hydroxyl groups is 1. The Hall–Kier alpha value is 0.230. The van der Waals surface area contributed by atoms with Crippen LogP contribution in [0.4, 0.5) is 0 Å². The second kappa shape index (κ2) is 4.14. The van der Waals surface area contributed by atoms with Crippen LogP contribution in [0, 0.1) is 0 Å². The topological polar surface area (TPSA) is 49.5 Å². The van der Waals surface area contributed by atoms with Gasteiger partial charge in [-0.3, -0.25) is 5.84 Å². The molecule has 0 aromatic heterocycles. The normalized spacial score (nSPS) is 14.6. The summed E-state index contributed by atoms with van der Waals surface area (Å²) in [6, 6.07) is 0. The van der Waals surface area contributed by atoms with Crippen LogP contribution in [0.1, 0.15) is 6.92 Å². The summed E-state index contributed by atoms with van der Waals surface area (Å²) in [6.45, 7) is 2.22. The fraction of sp³-hybridized carbons (Fsp3) is 1.00. The van der Waals surface area contributed by atoms with Crippen LogP contribution in [0.3, 0.4) is 0 Å². The molecule has 0 bridgehead atoms. The first-order valence-corrected chi connectivity index (χ1v) is 3.59. The maximum Gasteiger partial charge on any atom is 0.0662 e. The van der Waals surface area contributed by atoms with E-state index < -0.39 is 0 Å². The van der Waals surface area contributed by atoms with E-state index in [1.54, 1.807) is 6.92 Å². The average molecular weight is 136 g/mol. The van der Waals surface area contributed by atoms with E-state index in [1.807, 2.05) is 6.26 Å². The first kappa shape index (κ1) is 8.23. The first-order chi connectivity index (χ1) is 3.66. The Morgan fingerprint density at radius 2 is 2.38 bits per heavy atom. The second-order valence-electron chi connectivity index (χ2n) is 1.63. The summed E-state index contributed by atoms with van der Waals surface area (Å²) in [4.78, 5) is 0. The predicted octanol–water partition coefficient (Wildman–Crippen LogP) is -0.179. The van der Waals surface area contributed by atoms with E-state index in [0.29, 0.717) is 6.54 Å². The zero-order valence-corrected chi connectivity index (χ0v) is 5.98. The van der Waals surface area contributed by atoms with Crippen LogP contribution >= 0.6 is 11.9 Å². The number of hydrazine groups is 1. The standard InChI is InChI=1S/C4H12N2OS/c1-4(7)3-6(5)8-2/h4,7H,3,5H2,1-2H3. The molecule has 0 aromatic rings. The smallest absolute Gasteiger partial charge is 0.0662 e. The van der Waals surface area contributed by atoms with E-state index in [4.69, 9.17) is 10.9 Å². The van der Waals surface area contributed by atoms with Gasteiger partial charge >= 0.3 is 0 Å². The van der Waals surface area contributed by atoms with Gasteiger partial charge in [0.15, 0.2) is 0 Å². The van der Waals surface area contributed by atoms with Gasteiger partial charge in [-0.1, -0.05) is 11.9 Å². The van der Waals surface area contributed by atoms with Crippen LogP contribution in [0.2, 0.25) is 0 Å². The quantitative estimate of drug-likeness (QED) is 0.321. The van der Waals surface area contributed by atoms with E-state index in [-0.39, 0.29) is 6.10 Å². The third kappa shape index (κ3) is 4.39. The Morgan fingerprint density at radius 1 is 1.88 bits per heavy atom. The lowest BCUT2D eigenvalue weighted by Crippen LogP contribution is -2.30. The Bertz CT molecular complexity index is 60.0. The summed E-state index contributed by atoms with van der Waals surface area (Å²) in [5.74, 6) is 5.31. The summed E-state index contributed by atoms with van der Waals surface area (Å²) >= 11 is 1.40. The zero-order chi connectivity index (χ0) is 6.57. The van der Waals surface area contributed by atoms with Crippen molar-refractivity contribution in [2.24, 2.45) is 5.84 Å². The summed E-state index contributed by atoms with van der Waals surface area (Å²) in [7, 11) is 0. The molecule has 0 aliphatic heterocycles. The number of aliphatic hydroxyl groups excluding tert-OH is 1. The number of hydrogen-bond acceptors (Lipinski definition) is 4. The van der Waals surface area contributed by atoms with Crippen LogP contribution in [-0.4, -0.2) is 28.4 Å². The molecule has 8 heavy (non-hydrogen) atoms. The number of nitrogens with zero attached hydrogens (tertiary/aromatic N) is 1. The molecule has 1 atom stereocenters. The molecule has 0 aliphatic rings. The van der Waals surface area contributed by atoms with Crippen molar-refractivity contribution in [3.05, 3.63) is 0 Å². The third-order valence-electron chi connectivity index (χ3n) is 0.679. The molecule has 0 aromatic carbocycles. The van der Waals surface area contributed by atoms with Gasteiger partial charge in [-0.2, -0.15) is 4.41 Å². The lowest BCUT2D eigenvalue weighted by atomic mass is 10.4. The van der Waals surface area contributed by atoms with Gasteiger partial charge < -0.3 is 5.11 Å². The Kier molecular flexibility index (Phi) is 4.26. The largest absolute Gasteiger partial charge is 0.392 e. The molecule has 0 aliphatic carbocycles. The van der Waals surface area contributed by atoms with Crippen molar-refractivity contribution in [1.29, 1.82) is 0 Å². The van der Waals surface area contributed by atoms with E-state index in [9.17, 15) is 0 Å². The lowest BCUT2D eigenvalue weighted by Gasteiger charge is -2.12. The van der Waals surface area contributed by atoms with Crippen LogP contribution < -0.4 is 5.84 Å². The highest BCUT2D eigenvalue weighted by Crippen LogP contribution is 1.96. The summed E-state index contributed by atoms with van der Waals surface area (Å²) in [5.41, 5.74) is 0. The zero-order valence-electron chi connectivity index (χ0n) is 5.16. The van der Waals surface area contributed by atoms with Crippen LogP contribution in [0.5, 0.6) is 0 Å². The van der Waals surface area contributed by atoms with Crippen LogP contribution in [0.25, 0.3) is 0 Å². The van der Waals surface area contributed by atoms with Crippen molar-refractivity contribution in [3.8, 4) is 0 Å². The SMILES string of the molecule is CSN(N)CC(C)O. The van der Waals surface area contributed by atoms with E-state index >= 15 is 0 Å². The second-order valence-corrected chi connectivity index (χ2v) is 2.47. The maximum absolute atomic E-state index is 8.72. The Labute approximate surface area is 54.0 Å². The Morgan fingerprint density at radius 3 is 2.50 bits per heavy atom. The highest BCUT2D eigenvalue weighted by molar-refractivity contribution is 7.96. The summed E-state index contributed by atoms with van der Waals surface area (Å²) in [6.07, 6.45) is 1.52. The fourth-order valence-corrected chi connectivity index (χ4v) is 0.700. The molecule has 50 valence electrons. The summed E-state index contributed by atoms with van der Waals surface area (Å²) < 4.78 is 1.49. The minimum absolute atomic E-state index is 0.340. The molecule has 0 saturated carbocycles. The molecule has 1 unspecified atom stereocenters. The molecule has 4 heteroatoms. The first-order valence-electron chi connectivity index (χ1n) is 2.41. The highest BCUT2D eigenvalue weighted by atomic mass is 32.2. The number of hydrogen-bond donors (Lipinski definition) is 2. The fourth-order valence-electron chi connectivity index (χ4n) is 0.335. The van der Waals surface area contributed by atoms with E-state index in [0.717, 1.165) is 0 Å². The van der Waals surface area contributed by atoms with Crippen molar-refractivity contribution >= 4 is 11.9 Å². The molecule has 0 amide bonds. The van der Waals surface area contributed by atoms with Gasteiger partial charge in [-0.25, -0.2) is 0 Å². The van der Waals surface area contributed by atoms with Crippen molar-refractivity contribution in [3.63, 3.8) is 0 Å². The molecule has 0 rings (SSSR count). The molecule has 3 nitrogen and oxygen atoms in total. The van der Waals surface area contributed by atoms with Crippen molar-refractivity contribution < 1.29 is 5.11 Å².